The maximum absolute atomic E-state index is 13.5. The Bertz CT molecular complexity index is 443. The van der Waals surface area contributed by atoms with Gasteiger partial charge < -0.3 is 0 Å². The molecule has 2 heteroatoms. The average molecular weight is 194 g/mol. The molecule has 1 aromatic carbocycles. The number of hydrogen-bond acceptors (Lipinski definition) is 1. The summed E-state index contributed by atoms with van der Waals surface area (Å²) in [5, 5.41) is 1.04. The van der Waals surface area contributed by atoms with Gasteiger partial charge in [-0.15, -0.1) is 11.3 Å². The Morgan fingerprint density at radius 3 is 2.77 bits per heavy atom. The minimum Gasteiger partial charge on any atom is -0.205 e. The van der Waals surface area contributed by atoms with Crippen molar-refractivity contribution in [2.75, 3.05) is 0 Å². The Morgan fingerprint density at radius 1 is 1.31 bits per heavy atom. The molecule has 2 rings (SSSR count). The second-order valence-electron chi connectivity index (χ2n) is 3.21. The summed E-state index contributed by atoms with van der Waals surface area (Å²) < 4.78 is 14.2. The van der Waals surface area contributed by atoms with Gasteiger partial charge >= 0.3 is 0 Å². The van der Waals surface area contributed by atoms with Gasteiger partial charge in [-0.25, -0.2) is 4.39 Å². The largest absolute Gasteiger partial charge is 0.205 e. The molecule has 0 N–H and O–H groups in total. The van der Waals surface area contributed by atoms with E-state index in [1.165, 1.54) is 16.2 Å². The van der Waals surface area contributed by atoms with Crippen LogP contribution in [0.15, 0.2) is 18.2 Å². The number of rotatable bonds is 1. The molecular weight excluding hydrogens is 183 g/mol. The molecule has 0 aliphatic rings. The van der Waals surface area contributed by atoms with E-state index in [0.717, 1.165) is 22.1 Å². The fourth-order valence-corrected chi connectivity index (χ4v) is 2.40. The summed E-state index contributed by atoms with van der Waals surface area (Å²) in [5.74, 6) is -0.0764. The third kappa shape index (κ3) is 1.46. The number of fused-ring (bicyclic) bond motifs is 1. The van der Waals surface area contributed by atoms with Gasteiger partial charge in [0, 0.05) is 4.88 Å². The van der Waals surface area contributed by atoms with Gasteiger partial charge in [0.15, 0.2) is 0 Å². The summed E-state index contributed by atoms with van der Waals surface area (Å²) in [6, 6.07) is 5.75. The zero-order chi connectivity index (χ0) is 9.42. The third-order valence-corrected chi connectivity index (χ3v) is 3.24. The highest BCUT2D eigenvalue weighted by Gasteiger charge is 2.05. The summed E-state index contributed by atoms with van der Waals surface area (Å²) >= 11 is 1.52. The molecule has 0 saturated heterocycles. The van der Waals surface area contributed by atoms with E-state index in [1.807, 2.05) is 19.9 Å². The van der Waals surface area contributed by atoms with Crippen molar-refractivity contribution in [1.82, 2.24) is 0 Å². The highest BCUT2D eigenvalue weighted by Crippen LogP contribution is 2.28. The van der Waals surface area contributed by atoms with Crippen molar-refractivity contribution in [3.63, 3.8) is 0 Å². The smallest absolute Gasteiger partial charge is 0.141 e. The van der Waals surface area contributed by atoms with Gasteiger partial charge in [0.05, 0.1) is 4.70 Å². The lowest BCUT2D eigenvalue weighted by atomic mass is 10.1. The van der Waals surface area contributed by atoms with Gasteiger partial charge in [-0.05, 0) is 36.4 Å². The molecule has 0 nitrogen and oxygen atoms in total. The molecule has 0 radical (unpaired) electrons. The molecule has 1 aromatic heterocycles. The van der Waals surface area contributed by atoms with Gasteiger partial charge in [-0.2, -0.15) is 0 Å². The normalized spacial score (nSPS) is 11.0. The molecule has 0 aliphatic carbocycles. The lowest BCUT2D eigenvalue weighted by molar-refractivity contribution is 0.640. The minimum absolute atomic E-state index is 0.0764. The Labute approximate surface area is 81.0 Å². The van der Waals surface area contributed by atoms with Crippen molar-refractivity contribution in [3.8, 4) is 0 Å². The topological polar surface area (TPSA) is 0 Å². The summed E-state index contributed by atoms with van der Waals surface area (Å²) in [6.07, 6.45) is 0.891. The van der Waals surface area contributed by atoms with Crippen LogP contribution in [0.2, 0.25) is 0 Å². The average Bonchev–Trinajstić information content (AvgIpc) is 2.46. The fourth-order valence-electron chi connectivity index (χ4n) is 1.50. The number of aryl methyl sites for hydroxylation is 2. The monoisotopic (exact) mass is 194 g/mol. The Hall–Kier alpha value is -0.890. The standard InChI is InChI=1S/C11H11FS/c1-3-8-5-9-4-7(2)13-11(9)10(12)6-8/h4-6H,3H2,1-2H3. The van der Waals surface area contributed by atoms with Crippen molar-refractivity contribution in [2.24, 2.45) is 0 Å². The van der Waals surface area contributed by atoms with Crippen molar-refractivity contribution in [1.29, 1.82) is 0 Å². The molecular formula is C11H11FS. The second kappa shape index (κ2) is 3.11. The first-order valence-electron chi connectivity index (χ1n) is 4.39. The predicted octanol–water partition coefficient (Wildman–Crippen LogP) is 3.91. The van der Waals surface area contributed by atoms with E-state index >= 15 is 0 Å². The molecule has 0 aliphatic heterocycles. The third-order valence-electron chi connectivity index (χ3n) is 2.16. The van der Waals surface area contributed by atoms with Crippen molar-refractivity contribution >= 4 is 21.4 Å². The first kappa shape index (κ1) is 8.70. The van der Waals surface area contributed by atoms with E-state index in [-0.39, 0.29) is 5.82 Å². The van der Waals surface area contributed by atoms with E-state index in [1.54, 1.807) is 6.07 Å². The molecule has 0 unspecified atom stereocenters. The van der Waals surface area contributed by atoms with Crippen LogP contribution < -0.4 is 0 Å². The van der Waals surface area contributed by atoms with Crippen LogP contribution in [0.1, 0.15) is 17.4 Å². The Balaban J connectivity index is 2.75. The van der Waals surface area contributed by atoms with E-state index in [4.69, 9.17) is 0 Å². The first-order valence-corrected chi connectivity index (χ1v) is 5.21. The Morgan fingerprint density at radius 2 is 2.08 bits per heavy atom. The molecule has 13 heavy (non-hydrogen) atoms. The fraction of sp³-hybridized carbons (Fsp3) is 0.273. The van der Waals surface area contributed by atoms with Crippen LogP contribution in [-0.2, 0) is 6.42 Å². The lowest BCUT2D eigenvalue weighted by Gasteiger charge is -1.97. The van der Waals surface area contributed by atoms with Crippen LogP contribution in [0.4, 0.5) is 4.39 Å². The molecule has 0 amide bonds. The zero-order valence-electron chi connectivity index (χ0n) is 7.73. The highest BCUT2D eigenvalue weighted by atomic mass is 32.1. The van der Waals surface area contributed by atoms with Crippen molar-refractivity contribution in [2.45, 2.75) is 20.3 Å². The van der Waals surface area contributed by atoms with Crippen LogP contribution in [0.5, 0.6) is 0 Å². The summed E-state index contributed by atoms with van der Waals surface area (Å²) in [6.45, 7) is 4.05. The van der Waals surface area contributed by atoms with Gasteiger partial charge in [-0.1, -0.05) is 13.0 Å². The SMILES string of the molecule is CCc1cc(F)c2sc(C)cc2c1. The van der Waals surface area contributed by atoms with Gasteiger partial charge in [0.1, 0.15) is 5.82 Å². The van der Waals surface area contributed by atoms with Gasteiger partial charge in [-0.3, -0.25) is 0 Å². The van der Waals surface area contributed by atoms with E-state index < -0.39 is 0 Å². The molecule has 68 valence electrons. The van der Waals surface area contributed by atoms with Crippen LogP contribution in [-0.4, -0.2) is 0 Å². The molecule has 1 heterocycles. The van der Waals surface area contributed by atoms with Crippen molar-refractivity contribution in [3.05, 3.63) is 34.5 Å². The summed E-state index contributed by atoms with van der Waals surface area (Å²) in [5.41, 5.74) is 1.07. The number of hydrogen-bond donors (Lipinski definition) is 0. The predicted molar refractivity (Wildman–Crippen MR) is 55.9 cm³/mol. The number of thiophene rings is 1. The molecule has 0 saturated carbocycles. The van der Waals surface area contributed by atoms with Crippen molar-refractivity contribution < 1.29 is 4.39 Å². The quantitative estimate of drug-likeness (QED) is 0.645. The maximum Gasteiger partial charge on any atom is 0.141 e. The van der Waals surface area contributed by atoms with Crippen LogP contribution in [0, 0.1) is 12.7 Å². The minimum atomic E-state index is -0.0764. The number of halogens is 1. The summed E-state index contributed by atoms with van der Waals surface area (Å²) in [7, 11) is 0. The highest BCUT2D eigenvalue weighted by molar-refractivity contribution is 7.19. The molecule has 0 atom stereocenters. The van der Waals surface area contributed by atoms with Crippen LogP contribution >= 0.6 is 11.3 Å². The molecule has 0 bridgehead atoms. The van der Waals surface area contributed by atoms with Crippen LogP contribution in [0.3, 0.4) is 0 Å². The molecule has 2 aromatic rings. The summed E-state index contributed by atoms with van der Waals surface area (Å²) in [4.78, 5) is 1.17. The van der Waals surface area contributed by atoms with Gasteiger partial charge in [0.25, 0.3) is 0 Å². The van der Waals surface area contributed by atoms with E-state index in [9.17, 15) is 4.39 Å². The molecule has 0 spiro atoms. The molecule has 0 fully saturated rings. The first-order chi connectivity index (χ1) is 6.20. The van der Waals surface area contributed by atoms with Gasteiger partial charge in [0.2, 0.25) is 0 Å². The van der Waals surface area contributed by atoms with E-state index in [2.05, 4.69) is 6.07 Å². The van der Waals surface area contributed by atoms with E-state index in [0.29, 0.717) is 0 Å². The maximum atomic E-state index is 13.5. The second-order valence-corrected chi connectivity index (χ2v) is 4.46. The zero-order valence-corrected chi connectivity index (χ0v) is 8.54. The Kier molecular flexibility index (Phi) is 2.08. The number of benzene rings is 1. The van der Waals surface area contributed by atoms with Crippen LogP contribution in [0.25, 0.3) is 10.1 Å². The lowest BCUT2D eigenvalue weighted by Crippen LogP contribution is -1.82.